The van der Waals surface area contributed by atoms with E-state index in [0.29, 0.717) is 6.42 Å². The molecule has 1 N–H and O–H groups in total. The summed E-state index contributed by atoms with van der Waals surface area (Å²) in [7, 11) is 0. The summed E-state index contributed by atoms with van der Waals surface area (Å²) in [5, 5.41) is 6.12. The fraction of sp³-hybridized carbons (Fsp3) is 0.577. The second-order valence-corrected chi connectivity index (χ2v) is 9.88. The van der Waals surface area contributed by atoms with E-state index in [1.807, 2.05) is 35.4 Å². The maximum absolute atomic E-state index is 13.1. The van der Waals surface area contributed by atoms with Gasteiger partial charge in [0.05, 0.1) is 6.04 Å². The molecule has 1 saturated heterocycles. The summed E-state index contributed by atoms with van der Waals surface area (Å²) in [5.74, 6) is 0.163. The second-order valence-electron chi connectivity index (χ2n) is 8.95. The summed E-state index contributed by atoms with van der Waals surface area (Å²) < 4.78 is 0. The van der Waals surface area contributed by atoms with Crippen LogP contribution in [0.5, 0.6) is 0 Å². The molecular weight excluding hydrogens is 418 g/mol. The number of aromatic nitrogens is 1. The molecule has 3 atom stereocenters. The zero-order valence-electron chi connectivity index (χ0n) is 19.5. The number of unbranched alkanes of at least 4 members (excludes halogenated alkanes) is 3. The van der Waals surface area contributed by atoms with Gasteiger partial charge in [0.2, 0.25) is 11.8 Å². The molecule has 2 amide bonds. The first-order valence-electron chi connectivity index (χ1n) is 12.1. The van der Waals surface area contributed by atoms with Gasteiger partial charge in [0.15, 0.2) is 0 Å². The zero-order chi connectivity index (χ0) is 22.8. The van der Waals surface area contributed by atoms with Gasteiger partial charge < -0.3 is 10.2 Å². The molecule has 2 heterocycles. The van der Waals surface area contributed by atoms with E-state index in [9.17, 15) is 9.59 Å². The molecule has 0 saturated carbocycles. The maximum Gasteiger partial charge on any atom is 0.223 e. The van der Waals surface area contributed by atoms with E-state index in [1.54, 1.807) is 17.5 Å². The number of hydrogen-bond donors (Lipinski definition) is 1. The minimum Gasteiger partial charge on any atom is -0.346 e. The largest absolute Gasteiger partial charge is 0.346 e. The number of likely N-dealkylation sites (tertiary alicyclic amines) is 1. The smallest absolute Gasteiger partial charge is 0.223 e. The van der Waals surface area contributed by atoms with Crippen molar-refractivity contribution in [3.63, 3.8) is 0 Å². The van der Waals surface area contributed by atoms with Crippen molar-refractivity contribution in [3.05, 3.63) is 52.5 Å². The van der Waals surface area contributed by atoms with Crippen molar-refractivity contribution in [1.82, 2.24) is 15.2 Å². The lowest BCUT2D eigenvalue weighted by Crippen LogP contribution is -2.40. The Bertz CT molecular complexity index is 825. The molecule has 0 radical (unpaired) electrons. The van der Waals surface area contributed by atoms with Gasteiger partial charge in [-0.1, -0.05) is 63.4 Å². The van der Waals surface area contributed by atoms with Crippen molar-refractivity contribution in [2.45, 2.75) is 83.7 Å². The molecule has 1 aromatic heterocycles. The molecule has 2 aromatic rings. The van der Waals surface area contributed by atoms with E-state index < -0.39 is 0 Å². The predicted molar refractivity (Wildman–Crippen MR) is 130 cm³/mol. The Morgan fingerprint density at radius 3 is 2.75 bits per heavy atom. The number of carbonyl (C=O) groups is 2. The summed E-state index contributed by atoms with van der Waals surface area (Å²) in [6.07, 6.45) is 10.4. The quantitative estimate of drug-likeness (QED) is 0.428. The van der Waals surface area contributed by atoms with E-state index in [0.717, 1.165) is 50.1 Å². The van der Waals surface area contributed by atoms with Crippen LogP contribution in [0.4, 0.5) is 0 Å². The Hall–Kier alpha value is -2.21. The summed E-state index contributed by atoms with van der Waals surface area (Å²) in [4.78, 5) is 32.3. The average Bonchev–Trinajstić information content (AvgIpc) is 3.49. The molecule has 6 heteroatoms. The summed E-state index contributed by atoms with van der Waals surface area (Å²) in [6.45, 7) is 5.00. The first kappa shape index (κ1) is 24.4. The normalized spacial score (nSPS) is 17.8. The Balaban J connectivity index is 1.55. The van der Waals surface area contributed by atoms with Crippen LogP contribution >= 0.6 is 11.3 Å². The topological polar surface area (TPSA) is 62.3 Å². The van der Waals surface area contributed by atoms with E-state index in [2.05, 4.69) is 29.4 Å². The third-order valence-corrected chi connectivity index (χ3v) is 7.25. The standard InChI is InChI=1S/C26H37N3O2S/c1-3-4-5-9-14-24(30)29-16-10-13-22(29)18-20(2)25(31)28-23(26-27-15-17-32-26)19-21-11-7-6-8-12-21/h6-8,11-12,15,17,20,22-23H,3-5,9-10,13-14,16,18-19H2,1-2H3,(H,28,31)/t20-,22+,23+/m1/s1. The highest BCUT2D eigenvalue weighted by Gasteiger charge is 2.31. The lowest BCUT2D eigenvalue weighted by molar-refractivity contribution is -0.133. The number of thiazole rings is 1. The van der Waals surface area contributed by atoms with Crippen LogP contribution in [0.2, 0.25) is 0 Å². The zero-order valence-corrected chi connectivity index (χ0v) is 20.3. The number of carbonyl (C=O) groups excluding carboxylic acids is 2. The number of benzene rings is 1. The maximum atomic E-state index is 13.1. The van der Waals surface area contributed by atoms with Crippen LogP contribution in [0.3, 0.4) is 0 Å². The van der Waals surface area contributed by atoms with Crippen molar-refractivity contribution in [3.8, 4) is 0 Å². The van der Waals surface area contributed by atoms with Crippen LogP contribution in [-0.4, -0.2) is 34.3 Å². The minimum atomic E-state index is -0.147. The lowest BCUT2D eigenvalue weighted by Gasteiger charge is -2.27. The molecule has 0 spiro atoms. The molecule has 1 aromatic carbocycles. The van der Waals surface area contributed by atoms with Crippen LogP contribution in [0.1, 0.15) is 81.8 Å². The van der Waals surface area contributed by atoms with E-state index in [1.165, 1.54) is 18.4 Å². The van der Waals surface area contributed by atoms with Crippen molar-refractivity contribution in [2.75, 3.05) is 6.54 Å². The SMILES string of the molecule is CCCCCCC(=O)N1CCC[C@H]1C[C@@H](C)C(=O)N[C@@H](Cc1ccccc1)c1nccs1. The van der Waals surface area contributed by atoms with Crippen LogP contribution in [0, 0.1) is 5.92 Å². The molecule has 174 valence electrons. The van der Waals surface area contributed by atoms with E-state index >= 15 is 0 Å². The molecule has 3 rings (SSSR count). The van der Waals surface area contributed by atoms with Gasteiger partial charge in [-0.15, -0.1) is 11.3 Å². The summed E-state index contributed by atoms with van der Waals surface area (Å²) >= 11 is 1.57. The number of nitrogens with zero attached hydrogens (tertiary/aromatic N) is 2. The highest BCUT2D eigenvalue weighted by molar-refractivity contribution is 7.09. The van der Waals surface area contributed by atoms with E-state index in [-0.39, 0.29) is 29.8 Å². The van der Waals surface area contributed by atoms with Gasteiger partial charge in [-0.25, -0.2) is 4.98 Å². The van der Waals surface area contributed by atoms with Crippen molar-refractivity contribution >= 4 is 23.2 Å². The highest BCUT2D eigenvalue weighted by atomic mass is 32.1. The highest BCUT2D eigenvalue weighted by Crippen LogP contribution is 2.26. The number of nitrogens with one attached hydrogen (secondary N) is 1. The summed E-state index contributed by atoms with van der Waals surface area (Å²) in [5.41, 5.74) is 1.18. The molecule has 32 heavy (non-hydrogen) atoms. The molecular formula is C26H37N3O2S. The fourth-order valence-corrected chi connectivity index (χ4v) is 5.23. The number of rotatable bonds is 12. The first-order chi connectivity index (χ1) is 15.6. The van der Waals surface area contributed by atoms with Crippen molar-refractivity contribution in [2.24, 2.45) is 5.92 Å². The van der Waals surface area contributed by atoms with Gasteiger partial charge in [-0.3, -0.25) is 9.59 Å². The van der Waals surface area contributed by atoms with Gasteiger partial charge in [-0.05, 0) is 37.7 Å². The summed E-state index contributed by atoms with van der Waals surface area (Å²) in [6, 6.07) is 10.3. The number of amides is 2. The van der Waals surface area contributed by atoms with Gasteiger partial charge in [-0.2, -0.15) is 0 Å². The van der Waals surface area contributed by atoms with Crippen LogP contribution in [-0.2, 0) is 16.0 Å². The van der Waals surface area contributed by atoms with Gasteiger partial charge in [0.25, 0.3) is 0 Å². The molecule has 5 nitrogen and oxygen atoms in total. The first-order valence-corrected chi connectivity index (χ1v) is 13.0. The van der Waals surface area contributed by atoms with Crippen molar-refractivity contribution in [1.29, 1.82) is 0 Å². The average molecular weight is 456 g/mol. The Labute approximate surface area is 196 Å². The fourth-order valence-electron chi connectivity index (χ4n) is 4.54. The Morgan fingerprint density at radius 2 is 2.03 bits per heavy atom. The minimum absolute atomic E-state index is 0.0448. The molecule has 0 bridgehead atoms. The third-order valence-electron chi connectivity index (χ3n) is 6.36. The molecule has 0 unspecified atom stereocenters. The number of hydrogen-bond acceptors (Lipinski definition) is 4. The second kappa shape index (κ2) is 12.7. The van der Waals surface area contributed by atoms with Crippen LogP contribution in [0.15, 0.2) is 41.9 Å². The van der Waals surface area contributed by atoms with Gasteiger partial charge >= 0.3 is 0 Å². The van der Waals surface area contributed by atoms with E-state index in [4.69, 9.17) is 0 Å². The third kappa shape index (κ3) is 7.16. The molecule has 1 fully saturated rings. The molecule has 0 aliphatic carbocycles. The van der Waals surface area contributed by atoms with Gasteiger partial charge in [0.1, 0.15) is 5.01 Å². The van der Waals surface area contributed by atoms with Crippen LogP contribution < -0.4 is 5.32 Å². The Kier molecular flexibility index (Phi) is 9.72. The van der Waals surface area contributed by atoms with Gasteiger partial charge in [0, 0.05) is 36.5 Å². The Morgan fingerprint density at radius 1 is 1.22 bits per heavy atom. The predicted octanol–water partition coefficient (Wildman–Crippen LogP) is 5.53. The monoisotopic (exact) mass is 455 g/mol. The molecule has 1 aliphatic rings. The van der Waals surface area contributed by atoms with Crippen LogP contribution in [0.25, 0.3) is 0 Å². The van der Waals surface area contributed by atoms with Crippen molar-refractivity contribution < 1.29 is 9.59 Å². The molecule has 1 aliphatic heterocycles. The lowest BCUT2D eigenvalue weighted by atomic mass is 9.97.